The summed E-state index contributed by atoms with van der Waals surface area (Å²) in [6.07, 6.45) is 6.48. The zero-order chi connectivity index (χ0) is 21.6. The zero-order valence-electron chi connectivity index (χ0n) is 18.7. The van der Waals surface area contributed by atoms with Gasteiger partial charge in [0.2, 0.25) is 5.91 Å². The normalized spacial score (nSPS) is 14.6. The molecule has 1 N–H and O–H groups in total. The summed E-state index contributed by atoms with van der Waals surface area (Å²) in [7, 11) is 0. The Hall–Kier alpha value is -2.82. The number of amides is 1. The Morgan fingerprint density at radius 1 is 1.13 bits per heavy atom. The number of nitrogens with zero attached hydrogens (tertiary/aromatic N) is 2. The van der Waals surface area contributed by atoms with Crippen LogP contribution < -0.4 is 10.1 Å². The quantitative estimate of drug-likeness (QED) is 0.503. The molecule has 164 valence electrons. The van der Waals surface area contributed by atoms with Crippen LogP contribution in [0.1, 0.15) is 55.5 Å². The highest BCUT2D eigenvalue weighted by atomic mass is 16.5. The second kappa shape index (κ2) is 9.99. The van der Waals surface area contributed by atoms with Crippen LogP contribution in [-0.2, 0) is 17.9 Å². The molecule has 0 saturated heterocycles. The highest BCUT2D eigenvalue weighted by molar-refractivity contribution is 5.79. The molecule has 1 aromatic heterocycles. The Morgan fingerprint density at radius 2 is 1.94 bits per heavy atom. The van der Waals surface area contributed by atoms with Gasteiger partial charge < -0.3 is 14.6 Å². The molecule has 1 fully saturated rings. The van der Waals surface area contributed by atoms with Crippen molar-refractivity contribution in [3.05, 3.63) is 59.4 Å². The number of aromatic nitrogens is 2. The van der Waals surface area contributed by atoms with E-state index in [4.69, 9.17) is 9.72 Å². The van der Waals surface area contributed by atoms with E-state index in [0.29, 0.717) is 13.2 Å². The molecule has 0 radical (unpaired) electrons. The van der Waals surface area contributed by atoms with E-state index in [9.17, 15) is 4.79 Å². The number of carbonyl (C=O) groups is 1. The van der Waals surface area contributed by atoms with Gasteiger partial charge in [0, 0.05) is 12.5 Å². The van der Waals surface area contributed by atoms with Crippen molar-refractivity contribution in [1.29, 1.82) is 0 Å². The fraction of sp³-hybridized carbons (Fsp3) is 0.462. The molecule has 1 heterocycles. The number of para-hydroxylation sites is 2. The van der Waals surface area contributed by atoms with E-state index in [0.717, 1.165) is 66.8 Å². The summed E-state index contributed by atoms with van der Waals surface area (Å²) in [5.74, 6) is 2.21. The second-order valence-corrected chi connectivity index (χ2v) is 8.69. The van der Waals surface area contributed by atoms with Gasteiger partial charge in [0.25, 0.3) is 0 Å². The number of fused-ring (bicyclic) bond motifs is 1. The molecule has 1 aliphatic rings. The molecule has 1 saturated carbocycles. The summed E-state index contributed by atoms with van der Waals surface area (Å²) >= 11 is 0. The van der Waals surface area contributed by atoms with Crippen LogP contribution in [0.25, 0.3) is 11.0 Å². The van der Waals surface area contributed by atoms with Gasteiger partial charge in [0.15, 0.2) is 0 Å². The molecule has 1 amide bonds. The number of benzene rings is 2. The van der Waals surface area contributed by atoms with Gasteiger partial charge in [-0.1, -0.05) is 43.5 Å². The molecule has 0 atom stereocenters. The minimum absolute atomic E-state index is 0.164. The summed E-state index contributed by atoms with van der Waals surface area (Å²) in [4.78, 5) is 17.4. The number of hydrogen-bond acceptors (Lipinski definition) is 3. The van der Waals surface area contributed by atoms with Crippen molar-refractivity contribution in [2.75, 3.05) is 6.61 Å². The summed E-state index contributed by atoms with van der Waals surface area (Å²) in [5, 5.41) is 3.15. The first-order valence-electron chi connectivity index (χ1n) is 11.5. The van der Waals surface area contributed by atoms with Crippen molar-refractivity contribution in [2.45, 2.75) is 65.5 Å². The first-order valence-corrected chi connectivity index (χ1v) is 11.5. The Balaban J connectivity index is 1.40. The van der Waals surface area contributed by atoms with E-state index in [2.05, 4.69) is 48.0 Å². The Bertz CT molecular complexity index is 1030. The fourth-order valence-corrected chi connectivity index (χ4v) is 4.45. The van der Waals surface area contributed by atoms with Gasteiger partial charge in [-0.2, -0.15) is 0 Å². The fourth-order valence-electron chi connectivity index (χ4n) is 4.45. The van der Waals surface area contributed by atoms with Gasteiger partial charge in [0.1, 0.15) is 11.6 Å². The van der Waals surface area contributed by atoms with E-state index in [1.54, 1.807) is 0 Å². The van der Waals surface area contributed by atoms with Gasteiger partial charge in [0.05, 0.1) is 24.2 Å². The van der Waals surface area contributed by atoms with Crippen molar-refractivity contribution >= 4 is 16.9 Å². The first kappa shape index (κ1) is 21.4. The van der Waals surface area contributed by atoms with Gasteiger partial charge >= 0.3 is 0 Å². The Morgan fingerprint density at radius 3 is 2.77 bits per heavy atom. The Kier molecular flexibility index (Phi) is 6.90. The van der Waals surface area contributed by atoms with Gasteiger partial charge in [-0.05, 0) is 62.4 Å². The van der Waals surface area contributed by atoms with Crippen molar-refractivity contribution in [3.63, 3.8) is 0 Å². The topological polar surface area (TPSA) is 56.1 Å². The molecule has 3 aromatic rings. The van der Waals surface area contributed by atoms with Crippen LogP contribution in [0.2, 0.25) is 0 Å². The van der Waals surface area contributed by atoms with Crippen LogP contribution in [0.15, 0.2) is 42.5 Å². The monoisotopic (exact) mass is 419 g/mol. The minimum Gasteiger partial charge on any atom is -0.493 e. The third-order valence-electron chi connectivity index (χ3n) is 6.26. The summed E-state index contributed by atoms with van der Waals surface area (Å²) in [6.45, 7) is 6.08. The van der Waals surface area contributed by atoms with Crippen LogP contribution in [0.5, 0.6) is 5.75 Å². The molecule has 31 heavy (non-hydrogen) atoms. The SMILES string of the molecule is Cc1ccc(C)c(OCCCn2c(CNC(=O)C3CCCCC3)nc3ccccc32)c1. The van der Waals surface area contributed by atoms with E-state index in [-0.39, 0.29) is 11.8 Å². The molecule has 2 aromatic carbocycles. The lowest BCUT2D eigenvalue weighted by atomic mass is 9.89. The van der Waals surface area contributed by atoms with E-state index in [1.165, 1.54) is 12.0 Å². The van der Waals surface area contributed by atoms with Crippen molar-refractivity contribution < 1.29 is 9.53 Å². The van der Waals surface area contributed by atoms with E-state index in [1.807, 2.05) is 18.2 Å². The molecule has 0 spiro atoms. The largest absolute Gasteiger partial charge is 0.493 e. The number of carbonyl (C=O) groups excluding carboxylic acids is 1. The van der Waals surface area contributed by atoms with Crippen molar-refractivity contribution in [1.82, 2.24) is 14.9 Å². The highest BCUT2D eigenvalue weighted by Crippen LogP contribution is 2.24. The summed E-state index contributed by atoms with van der Waals surface area (Å²) in [6, 6.07) is 14.5. The van der Waals surface area contributed by atoms with E-state index < -0.39 is 0 Å². The number of aryl methyl sites for hydroxylation is 3. The van der Waals surface area contributed by atoms with Crippen LogP contribution in [0, 0.1) is 19.8 Å². The molecule has 1 aliphatic carbocycles. The minimum atomic E-state index is 0.164. The first-order chi connectivity index (χ1) is 15.1. The van der Waals surface area contributed by atoms with E-state index >= 15 is 0 Å². The number of hydrogen-bond donors (Lipinski definition) is 1. The molecule has 0 aliphatic heterocycles. The molecule has 0 bridgehead atoms. The zero-order valence-corrected chi connectivity index (χ0v) is 18.7. The van der Waals surface area contributed by atoms with Crippen molar-refractivity contribution in [2.24, 2.45) is 5.92 Å². The number of nitrogens with one attached hydrogen (secondary N) is 1. The van der Waals surface area contributed by atoms with Crippen LogP contribution in [0.3, 0.4) is 0 Å². The smallest absolute Gasteiger partial charge is 0.223 e. The number of rotatable bonds is 8. The third-order valence-corrected chi connectivity index (χ3v) is 6.26. The molecular weight excluding hydrogens is 386 g/mol. The molecule has 4 rings (SSSR count). The molecule has 5 nitrogen and oxygen atoms in total. The molecule has 0 unspecified atom stereocenters. The highest BCUT2D eigenvalue weighted by Gasteiger charge is 2.21. The molecular formula is C26H33N3O2. The standard InChI is InChI=1S/C26H33N3O2/c1-19-13-14-20(2)24(17-19)31-16-8-15-29-23-12-7-6-11-22(23)28-25(29)18-27-26(30)21-9-4-3-5-10-21/h6-7,11-14,17,21H,3-5,8-10,15-16,18H2,1-2H3,(H,27,30). The maximum atomic E-state index is 12.6. The average molecular weight is 420 g/mol. The lowest BCUT2D eigenvalue weighted by Gasteiger charge is -2.20. The maximum absolute atomic E-state index is 12.6. The Labute approximate surface area is 184 Å². The summed E-state index contributed by atoms with van der Waals surface area (Å²) in [5.41, 5.74) is 4.44. The third kappa shape index (κ3) is 5.27. The van der Waals surface area contributed by atoms with Crippen molar-refractivity contribution in [3.8, 4) is 5.75 Å². The van der Waals surface area contributed by atoms with Gasteiger partial charge in [-0.15, -0.1) is 0 Å². The number of imidazole rings is 1. The number of ether oxygens (including phenoxy) is 1. The maximum Gasteiger partial charge on any atom is 0.223 e. The predicted molar refractivity (Wildman–Crippen MR) is 124 cm³/mol. The average Bonchev–Trinajstić information content (AvgIpc) is 3.15. The summed E-state index contributed by atoms with van der Waals surface area (Å²) < 4.78 is 8.27. The second-order valence-electron chi connectivity index (χ2n) is 8.69. The van der Waals surface area contributed by atoms with Crippen LogP contribution in [-0.4, -0.2) is 22.1 Å². The van der Waals surface area contributed by atoms with Crippen LogP contribution in [0.4, 0.5) is 0 Å². The van der Waals surface area contributed by atoms with Crippen LogP contribution >= 0.6 is 0 Å². The van der Waals surface area contributed by atoms with Gasteiger partial charge in [-0.3, -0.25) is 4.79 Å². The predicted octanol–water partition coefficient (Wildman–Crippen LogP) is 5.32. The lowest BCUT2D eigenvalue weighted by molar-refractivity contribution is -0.126. The molecule has 5 heteroatoms. The lowest BCUT2D eigenvalue weighted by Crippen LogP contribution is -2.32. The van der Waals surface area contributed by atoms with Gasteiger partial charge in [-0.25, -0.2) is 4.98 Å².